The fourth-order valence-corrected chi connectivity index (χ4v) is 2.64. The van der Waals surface area contributed by atoms with Crippen LogP contribution in [0.2, 0.25) is 0 Å². The van der Waals surface area contributed by atoms with Gasteiger partial charge >= 0.3 is 0 Å². The molecule has 0 aliphatic rings. The van der Waals surface area contributed by atoms with Crippen LogP contribution in [0.3, 0.4) is 0 Å². The van der Waals surface area contributed by atoms with Gasteiger partial charge in [0.1, 0.15) is 5.75 Å². The summed E-state index contributed by atoms with van der Waals surface area (Å²) in [5, 5.41) is 15.6. The molecule has 1 aromatic heterocycles. The first kappa shape index (κ1) is 17.1. The van der Waals surface area contributed by atoms with Crippen molar-refractivity contribution in [2.45, 2.75) is 19.3 Å². The molecule has 0 saturated carbocycles. The lowest BCUT2D eigenvalue weighted by Crippen LogP contribution is -2.31. The van der Waals surface area contributed by atoms with Gasteiger partial charge < -0.3 is 14.6 Å². The predicted molar refractivity (Wildman–Crippen MR) is 94.7 cm³/mol. The van der Waals surface area contributed by atoms with E-state index in [2.05, 4.69) is 5.10 Å². The second-order valence-corrected chi connectivity index (χ2v) is 5.70. The minimum Gasteiger partial charge on any atom is -0.496 e. The highest BCUT2D eigenvalue weighted by molar-refractivity contribution is 5.80. The molecule has 3 aromatic rings. The van der Waals surface area contributed by atoms with E-state index in [-0.39, 0.29) is 18.7 Å². The van der Waals surface area contributed by atoms with Crippen LogP contribution in [0.5, 0.6) is 5.75 Å². The molecule has 0 aliphatic carbocycles. The van der Waals surface area contributed by atoms with Crippen molar-refractivity contribution in [2.24, 2.45) is 0 Å². The van der Waals surface area contributed by atoms with Crippen LogP contribution in [0.15, 0.2) is 59.5 Å². The molecule has 0 fully saturated rings. The number of methoxy groups -OCH3 is 1. The highest BCUT2D eigenvalue weighted by Crippen LogP contribution is 2.18. The zero-order valence-corrected chi connectivity index (χ0v) is 14.0. The van der Waals surface area contributed by atoms with Crippen LogP contribution < -0.4 is 10.3 Å². The van der Waals surface area contributed by atoms with E-state index in [1.54, 1.807) is 25.4 Å². The number of rotatable bonds is 7. The van der Waals surface area contributed by atoms with Gasteiger partial charge in [0.25, 0.3) is 5.56 Å². The molecule has 0 radical (unpaired) electrons. The molecule has 6 heteroatoms. The molecule has 0 saturated heterocycles. The van der Waals surface area contributed by atoms with Crippen molar-refractivity contribution in [3.05, 3.63) is 70.6 Å². The SMILES string of the molecule is COc1ccccc1COC[C@H](O)Cn1ncc2ccccc2c1=O. The van der Waals surface area contributed by atoms with E-state index in [1.807, 2.05) is 36.4 Å². The normalized spacial score (nSPS) is 12.2. The number of hydrogen-bond donors (Lipinski definition) is 1. The van der Waals surface area contributed by atoms with Crippen molar-refractivity contribution in [1.82, 2.24) is 9.78 Å². The number of ether oxygens (including phenoxy) is 2. The fourth-order valence-electron chi connectivity index (χ4n) is 2.64. The van der Waals surface area contributed by atoms with Gasteiger partial charge in [-0.1, -0.05) is 36.4 Å². The zero-order valence-electron chi connectivity index (χ0n) is 14.0. The van der Waals surface area contributed by atoms with Crippen LogP contribution in [-0.2, 0) is 17.9 Å². The summed E-state index contributed by atoms with van der Waals surface area (Å²) in [4.78, 5) is 12.4. The molecule has 0 aliphatic heterocycles. The first-order valence-electron chi connectivity index (χ1n) is 8.01. The van der Waals surface area contributed by atoms with E-state index in [9.17, 15) is 9.90 Å². The first-order valence-corrected chi connectivity index (χ1v) is 8.01. The second kappa shape index (κ2) is 7.92. The topological polar surface area (TPSA) is 73.6 Å². The third-order valence-electron chi connectivity index (χ3n) is 3.91. The number of benzene rings is 2. The molecule has 0 unspecified atom stereocenters. The number of aliphatic hydroxyl groups is 1. The zero-order chi connectivity index (χ0) is 17.6. The molecule has 6 nitrogen and oxygen atoms in total. The molecule has 2 aromatic carbocycles. The number of aliphatic hydroxyl groups excluding tert-OH is 1. The number of nitrogens with zero attached hydrogens (tertiary/aromatic N) is 2. The monoisotopic (exact) mass is 340 g/mol. The number of para-hydroxylation sites is 1. The van der Waals surface area contributed by atoms with Gasteiger partial charge in [0.05, 0.1) is 44.6 Å². The molecule has 0 spiro atoms. The molecule has 1 atom stereocenters. The molecule has 0 amide bonds. The van der Waals surface area contributed by atoms with E-state index in [4.69, 9.17) is 9.47 Å². The summed E-state index contributed by atoms with van der Waals surface area (Å²) in [6.07, 6.45) is 0.792. The summed E-state index contributed by atoms with van der Waals surface area (Å²) in [7, 11) is 1.60. The molecule has 130 valence electrons. The highest BCUT2D eigenvalue weighted by atomic mass is 16.5. The summed E-state index contributed by atoms with van der Waals surface area (Å²) in [5.74, 6) is 0.740. The molecule has 1 N–H and O–H groups in total. The number of hydrogen-bond acceptors (Lipinski definition) is 5. The van der Waals surface area contributed by atoms with Gasteiger partial charge in [0.15, 0.2) is 0 Å². The van der Waals surface area contributed by atoms with Gasteiger partial charge in [-0.05, 0) is 12.1 Å². The second-order valence-electron chi connectivity index (χ2n) is 5.70. The Balaban J connectivity index is 1.60. The first-order chi connectivity index (χ1) is 12.2. The lowest BCUT2D eigenvalue weighted by molar-refractivity contribution is 0.0175. The van der Waals surface area contributed by atoms with Crippen molar-refractivity contribution >= 4 is 10.8 Å². The number of fused-ring (bicyclic) bond motifs is 1. The van der Waals surface area contributed by atoms with Gasteiger partial charge in [0, 0.05) is 10.9 Å². The molecule has 25 heavy (non-hydrogen) atoms. The smallest absolute Gasteiger partial charge is 0.274 e. The quantitative estimate of drug-likeness (QED) is 0.712. The average Bonchev–Trinajstić information content (AvgIpc) is 2.64. The van der Waals surface area contributed by atoms with Crippen LogP contribution in [0.1, 0.15) is 5.56 Å². The van der Waals surface area contributed by atoms with Crippen molar-refractivity contribution in [1.29, 1.82) is 0 Å². The third-order valence-corrected chi connectivity index (χ3v) is 3.91. The largest absolute Gasteiger partial charge is 0.496 e. The molecule has 0 bridgehead atoms. The summed E-state index contributed by atoms with van der Waals surface area (Å²) in [6.45, 7) is 0.496. The van der Waals surface area contributed by atoms with E-state index in [0.29, 0.717) is 12.0 Å². The maximum absolute atomic E-state index is 12.4. The van der Waals surface area contributed by atoms with Crippen LogP contribution in [0.25, 0.3) is 10.8 Å². The van der Waals surface area contributed by atoms with E-state index >= 15 is 0 Å². The Kier molecular flexibility index (Phi) is 5.42. The van der Waals surface area contributed by atoms with Gasteiger partial charge in [0.2, 0.25) is 0 Å². The highest BCUT2D eigenvalue weighted by Gasteiger charge is 2.10. The number of aromatic nitrogens is 2. The van der Waals surface area contributed by atoms with Crippen LogP contribution >= 0.6 is 0 Å². The summed E-state index contributed by atoms with van der Waals surface area (Å²) >= 11 is 0. The summed E-state index contributed by atoms with van der Waals surface area (Å²) in [5.41, 5.74) is 0.681. The van der Waals surface area contributed by atoms with E-state index in [0.717, 1.165) is 16.7 Å². The van der Waals surface area contributed by atoms with Gasteiger partial charge in [-0.15, -0.1) is 0 Å². The van der Waals surface area contributed by atoms with Crippen molar-refractivity contribution < 1.29 is 14.6 Å². The van der Waals surface area contributed by atoms with Crippen LogP contribution in [0, 0.1) is 0 Å². The Morgan fingerprint density at radius 3 is 2.76 bits per heavy atom. The Morgan fingerprint density at radius 2 is 1.92 bits per heavy atom. The maximum Gasteiger partial charge on any atom is 0.274 e. The van der Waals surface area contributed by atoms with Crippen LogP contribution in [-0.4, -0.2) is 34.7 Å². The Morgan fingerprint density at radius 1 is 1.16 bits per heavy atom. The van der Waals surface area contributed by atoms with Crippen molar-refractivity contribution in [3.8, 4) is 5.75 Å². The minimum absolute atomic E-state index is 0.0790. The van der Waals surface area contributed by atoms with E-state index < -0.39 is 6.10 Å². The standard InChI is InChI=1S/C19H20N2O4/c1-24-18-9-5-3-7-15(18)12-25-13-16(22)11-21-19(23)17-8-4-2-6-14(17)10-20-21/h2-10,16,22H,11-13H2,1H3/t16-/m1/s1. The maximum atomic E-state index is 12.4. The molecule has 3 rings (SSSR count). The summed E-state index contributed by atoms with van der Waals surface area (Å²) < 4.78 is 12.1. The summed E-state index contributed by atoms with van der Waals surface area (Å²) in [6, 6.07) is 14.8. The lowest BCUT2D eigenvalue weighted by Gasteiger charge is -2.14. The predicted octanol–water partition coefficient (Wildman–Crippen LogP) is 1.98. The Hall–Kier alpha value is -2.70. The van der Waals surface area contributed by atoms with Gasteiger partial charge in [-0.2, -0.15) is 5.10 Å². The third kappa shape index (κ3) is 4.04. The van der Waals surface area contributed by atoms with Gasteiger partial charge in [-0.25, -0.2) is 4.68 Å². The Labute approximate surface area is 145 Å². The average molecular weight is 340 g/mol. The Bertz CT molecular complexity index is 907. The van der Waals surface area contributed by atoms with E-state index in [1.165, 1.54) is 4.68 Å². The fraction of sp³-hybridized carbons (Fsp3) is 0.263. The van der Waals surface area contributed by atoms with Crippen LogP contribution in [0.4, 0.5) is 0 Å². The van der Waals surface area contributed by atoms with Crippen molar-refractivity contribution in [2.75, 3.05) is 13.7 Å². The molecular formula is C19H20N2O4. The van der Waals surface area contributed by atoms with Gasteiger partial charge in [-0.3, -0.25) is 4.79 Å². The minimum atomic E-state index is -0.832. The molecular weight excluding hydrogens is 320 g/mol. The van der Waals surface area contributed by atoms with Crippen molar-refractivity contribution in [3.63, 3.8) is 0 Å². The molecule has 1 heterocycles. The lowest BCUT2D eigenvalue weighted by atomic mass is 10.2.